The molecule has 1 N–H and O–H groups in total. The lowest BCUT2D eigenvalue weighted by Crippen LogP contribution is -2.38. The fraction of sp³-hybridized carbons (Fsp3) is 0.714. The third-order valence-electron chi connectivity index (χ3n) is 4.00. The molecule has 0 radical (unpaired) electrons. The molecule has 5 heteroatoms. The third kappa shape index (κ3) is 4.04. The molecular weight excluding hydrogens is 278 g/mol. The van der Waals surface area contributed by atoms with E-state index >= 15 is 0 Å². The van der Waals surface area contributed by atoms with Crippen LogP contribution in [0.4, 0.5) is 0 Å². The molecule has 1 aromatic rings. The summed E-state index contributed by atoms with van der Waals surface area (Å²) in [5, 5.41) is 5.54. The normalized spacial score (nSPS) is 24.5. The van der Waals surface area contributed by atoms with Crippen LogP contribution in [0.1, 0.15) is 43.0 Å². The van der Waals surface area contributed by atoms with Gasteiger partial charge in [-0.1, -0.05) is 13.3 Å². The standard InChI is InChI=1S/C14H23NO2S2/c1-3-11-7-8-18-14(11)10-15-12-5-4-6-13(9-12)19(2,16)17/h7-8,12-13,15H,3-6,9-10H2,1-2H3. The molecule has 2 atom stereocenters. The number of sulfone groups is 1. The van der Waals surface area contributed by atoms with Gasteiger partial charge in [-0.15, -0.1) is 11.3 Å². The molecule has 0 bridgehead atoms. The Kier molecular flexibility index (Phi) is 5.03. The quantitative estimate of drug-likeness (QED) is 0.909. The van der Waals surface area contributed by atoms with E-state index in [0.29, 0.717) is 6.04 Å². The van der Waals surface area contributed by atoms with E-state index in [1.54, 1.807) is 11.3 Å². The molecule has 1 saturated carbocycles. The molecule has 3 nitrogen and oxygen atoms in total. The van der Waals surface area contributed by atoms with Crippen LogP contribution >= 0.6 is 11.3 Å². The van der Waals surface area contributed by atoms with Crippen LogP contribution in [0, 0.1) is 0 Å². The fourth-order valence-electron chi connectivity index (χ4n) is 2.79. The summed E-state index contributed by atoms with van der Waals surface area (Å²) < 4.78 is 23.3. The van der Waals surface area contributed by atoms with Gasteiger partial charge in [-0.05, 0) is 42.7 Å². The first-order valence-electron chi connectivity index (χ1n) is 6.98. The van der Waals surface area contributed by atoms with Crippen LogP contribution in [-0.4, -0.2) is 26.0 Å². The molecule has 0 spiro atoms. The van der Waals surface area contributed by atoms with Crippen molar-refractivity contribution in [3.8, 4) is 0 Å². The van der Waals surface area contributed by atoms with E-state index < -0.39 is 9.84 Å². The van der Waals surface area contributed by atoms with E-state index in [0.717, 1.165) is 38.6 Å². The lowest BCUT2D eigenvalue weighted by Gasteiger charge is -2.28. The summed E-state index contributed by atoms with van der Waals surface area (Å²) in [6.07, 6.45) is 6.15. The van der Waals surface area contributed by atoms with E-state index in [1.807, 2.05) is 0 Å². The van der Waals surface area contributed by atoms with Gasteiger partial charge in [0.1, 0.15) is 9.84 Å². The van der Waals surface area contributed by atoms with Gasteiger partial charge in [0, 0.05) is 23.7 Å². The zero-order valence-electron chi connectivity index (χ0n) is 11.7. The second-order valence-electron chi connectivity index (χ2n) is 5.42. The molecular formula is C14H23NO2S2. The molecule has 1 aliphatic rings. The maximum Gasteiger partial charge on any atom is 0.150 e. The molecule has 0 amide bonds. The predicted molar refractivity (Wildman–Crippen MR) is 81.4 cm³/mol. The van der Waals surface area contributed by atoms with Gasteiger partial charge in [0.15, 0.2) is 0 Å². The zero-order valence-corrected chi connectivity index (χ0v) is 13.3. The van der Waals surface area contributed by atoms with Crippen molar-refractivity contribution in [1.82, 2.24) is 5.32 Å². The van der Waals surface area contributed by atoms with Gasteiger partial charge in [-0.2, -0.15) is 0 Å². The number of aryl methyl sites for hydroxylation is 1. The van der Waals surface area contributed by atoms with Crippen molar-refractivity contribution in [3.05, 3.63) is 21.9 Å². The van der Waals surface area contributed by atoms with Crippen molar-refractivity contribution in [1.29, 1.82) is 0 Å². The number of rotatable bonds is 5. The first-order chi connectivity index (χ1) is 9.00. The van der Waals surface area contributed by atoms with E-state index in [4.69, 9.17) is 0 Å². The van der Waals surface area contributed by atoms with E-state index in [9.17, 15) is 8.42 Å². The lowest BCUT2D eigenvalue weighted by molar-refractivity contribution is 0.371. The van der Waals surface area contributed by atoms with Gasteiger partial charge in [0.05, 0.1) is 5.25 Å². The molecule has 0 saturated heterocycles. The minimum absolute atomic E-state index is 0.146. The molecule has 1 aliphatic carbocycles. The summed E-state index contributed by atoms with van der Waals surface area (Å²) in [6.45, 7) is 3.05. The van der Waals surface area contributed by atoms with Crippen molar-refractivity contribution in [2.24, 2.45) is 0 Å². The fourth-order valence-corrected chi connectivity index (χ4v) is 4.90. The minimum Gasteiger partial charge on any atom is -0.309 e. The van der Waals surface area contributed by atoms with Crippen molar-refractivity contribution < 1.29 is 8.42 Å². The first kappa shape index (κ1) is 15.0. The average molecular weight is 301 g/mol. The van der Waals surface area contributed by atoms with E-state index in [1.165, 1.54) is 16.7 Å². The van der Waals surface area contributed by atoms with Gasteiger partial charge >= 0.3 is 0 Å². The number of nitrogens with one attached hydrogen (secondary N) is 1. The van der Waals surface area contributed by atoms with Crippen molar-refractivity contribution in [3.63, 3.8) is 0 Å². The third-order valence-corrected chi connectivity index (χ3v) is 6.60. The Labute approximate surface area is 120 Å². The average Bonchev–Trinajstić information content (AvgIpc) is 2.83. The van der Waals surface area contributed by atoms with Gasteiger partial charge in [0.2, 0.25) is 0 Å². The van der Waals surface area contributed by atoms with Crippen LogP contribution in [0.3, 0.4) is 0 Å². The zero-order chi connectivity index (χ0) is 13.9. The van der Waals surface area contributed by atoms with Crippen molar-refractivity contribution in [2.75, 3.05) is 6.26 Å². The highest BCUT2D eigenvalue weighted by atomic mass is 32.2. The van der Waals surface area contributed by atoms with Gasteiger partial charge < -0.3 is 5.32 Å². The first-order valence-corrected chi connectivity index (χ1v) is 9.81. The van der Waals surface area contributed by atoms with Crippen LogP contribution in [0.15, 0.2) is 11.4 Å². The minimum atomic E-state index is -2.88. The van der Waals surface area contributed by atoms with Crippen LogP contribution in [0.25, 0.3) is 0 Å². The van der Waals surface area contributed by atoms with Crippen LogP contribution in [0.5, 0.6) is 0 Å². The van der Waals surface area contributed by atoms with Crippen molar-refractivity contribution >= 4 is 21.2 Å². The molecule has 2 unspecified atom stereocenters. The molecule has 2 rings (SSSR count). The highest BCUT2D eigenvalue weighted by Crippen LogP contribution is 2.25. The maximum absolute atomic E-state index is 11.6. The highest BCUT2D eigenvalue weighted by molar-refractivity contribution is 7.91. The molecule has 1 aromatic heterocycles. The van der Waals surface area contributed by atoms with Gasteiger partial charge in [-0.3, -0.25) is 0 Å². The Balaban J connectivity index is 1.90. The largest absolute Gasteiger partial charge is 0.309 e. The van der Waals surface area contributed by atoms with E-state index in [2.05, 4.69) is 23.7 Å². The number of hydrogen-bond donors (Lipinski definition) is 1. The van der Waals surface area contributed by atoms with Crippen LogP contribution in [-0.2, 0) is 22.8 Å². The Morgan fingerprint density at radius 1 is 1.42 bits per heavy atom. The van der Waals surface area contributed by atoms with Crippen LogP contribution < -0.4 is 5.32 Å². The molecule has 1 heterocycles. The lowest BCUT2D eigenvalue weighted by atomic mass is 9.95. The summed E-state index contributed by atoms with van der Waals surface area (Å²) in [4.78, 5) is 1.39. The van der Waals surface area contributed by atoms with Crippen LogP contribution in [0.2, 0.25) is 0 Å². The van der Waals surface area contributed by atoms with E-state index in [-0.39, 0.29) is 5.25 Å². The topological polar surface area (TPSA) is 46.2 Å². The molecule has 0 aromatic carbocycles. The molecule has 1 fully saturated rings. The molecule has 19 heavy (non-hydrogen) atoms. The summed E-state index contributed by atoms with van der Waals surface area (Å²) in [6, 6.07) is 2.53. The summed E-state index contributed by atoms with van der Waals surface area (Å²) >= 11 is 1.79. The monoisotopic (exact) mass is 301 g/mol. The Morgan fingerprint density at radius 3 is 2.89 bits per heavy atom. The summed E-state index contributed by atoms with van der Waals surface area (Å²) in [5.74, 6) is 0. The van der Waals surface area contributed by atoms with Gasteiger partial charge in [0.25, 0.3) is 0 Å². The highest BCUT2D eigenvalue weighted by Gasteiger charge is 2.28. The number of thiophene rings is 1. The Hall–Kier alpha value is -0.390. The predicted octanol–water partition coefficient (Wildman–Crippen LogP) is 2.76. The maximum atomic E-state index is 11.6. The van der Waals surface area contributed by atoms with Gasteiger partial charge in [-0.25, -0.2) is 8.42 Å². The second-order valence-corrected chi connectivity index (χ2v) is 8.74. The summed E-state index contributed by atoms with van der Waals surface area (Å²) in [7, 11) is -2.88. The van der Waals surface area contributed by atoms with Crippen molar-refractivity contribution in [2.45, 2.75) is 56.9 Å². The second kappa shape index (κ2) is 6.37. The molecule has 108 valence electrons. The Bertz CT molecular complexity index is 507. The summed E-state index contributed by atoms with van der Waals surface area (Å²) in [5.41, 5.74) is 1.41. The number of hydrogen-bond acceptors (Lipinski definition) is 4. The SMILES string of the molecule is CCc1ccsc1CNC1CCCC(S(C)(=O)=O)C1. The smallest absolute Gasteiger partial charge is 0.150 e. The molecule has 0 aliphatic heterocycles. The Morgan fingerprint density at radius 2 is 2.21 bits per heavy atom.